The molecule has 28 heavy (non-hydrogen) atoms. The first kappa shape index (κ1) is 24.2. The first-order valence-corrected chi connectivity index (χ1v) is 12.3. The number of methoxy groups -OCH3 is 2. The van der Waals surface area contributed by atoms with E-state index in [1.807, 2.05) is 18.2 Å². The number of hydrogen-bond donors (Lipinski definition) is 0. The van der Waals surface area contributed by atoms with Crippen LogP contribution >= 0.6 is 0 Å². The smallest absolute Gasteiger partial charge is 0.293 e. The lowest BCUT2D eigenvalue weighted by Gasteiger charge is -2.47. The number of hydrogen-bond acceptors (Lipinski definition) is 6. The van der Waals surface area contributed by atoms with Crippen molar-refractivity contribution < 1.29 is 28.2 Å². The van der Waals surface area contributed by atoms with Crippen molar-refractivity contribution in [2.75, 3.05) is 14.2 Å². The van der Waals surface area contributed by atoms with Gasteiger partial charge in [-0.2, -0.15) is 0 Å². The van der Waals surface area contributed by atoms with Crippen molar-refractivity contribution in [3.05, 3.63) is 23.8 Å². The Morgan fingerprint density at radius 2 is 1.75 bits per heavy atom. The van der Waals surface area contributed by atoms with Gasteiger partial charge in [-0.15, -0.1) is 0 Å². The minimum atomic E-state index is -2.30. The van der Waals surface area contributed by atoms with E-state index in [2.05, 4.69) is 33.9 Å². The van der Waals surface area contributed by atoms with Gasteiger partial charge < -0.3 is 23.4 Å². The molecule has 1 aromatic carbocycles. The summed E-state index contributed by atoms with van der Waals surface area (Å²) in [6.45, 7) is 12.8. The van der Waals surface area contributed by atoms with Gasteiger partial charge in [0.25, 0.3) is 6.47 Å². The third-order valence-corrected chi connectivity index (χ3v) is 10.2. The van der Waals surface area contributed by atoms with E-state index in [9.17, 15) is 9.59 Å². The van der Waals surface area contributed by atoms with Crippen LogP contribution in [0.25, 0.3) is 0 Å². The average molecular weight is 411 g/mol. The normalized spacial score (nSPS) is 15.3. The van der Waals surface area contributed by atoms with Crippen LogP contribution in [0.2, 0.25) is 18.1 Å². The topological polar surface area (TPSA) is 71.1 Å². The van der Waals surface area contributed by atoms with E-state index in [1.54, 1.807) is 21.1 Å². The van der Waals surface area contributed by atoms with Crippen LogP contribution in [0.4, 0.5) is 0 Å². The maximum atomic E-state index is 11.7. The van der Waals surface area contributed by atoms with Crippen molar-refractivity contribution in [3.8, 4) is 11.5 Å². The van der Waals surface area contributed by atoms with Crippen LogP contribution < -0.4 is 9.47 Å². The van der Waals surface area contributed by atoms with Gasteiger partial charge in [0.2, 0.25) is 0 Å². The summed E-state index contributed by atoms with van der Waals surface area (Å²) in [7, 11) is 0.882. The first-order chi connectivity index (χ1) is 13.0. The molecule has 1 rings (SSSR count). The second-order valence-electron chi connectivity index (χ2n) is 8.53. The van der Waals surface area contributed by atoms with Gasteiger partial charge in [0.15, 0.2) is 8.32 Å². The number of rotatable bonds is 11. The van der Waals surface area contributed by atoms with Crippen LogP contribution in [0, 0.1) is 0 Å². The molecule has 0 radical (unpaired) electrons. The Balaban J connectivity index is 3.53. The van der Waals surface area contributed by atoms with E-state index in [-0.39, 0.29) is 11.5 Å². The fourth-order valence-corrected chi connectivity index (χ4v) is 4.54. The highest BCUT2D eigenvalue weighted by Gasteiger charge is 2.48. The molecular formula is C21H34O6Si. The van der Waals surface area contributed by atoms with Gasteiger partial charge >= 0.3 is 0 Å². The van der Waals surface area contributed by atoms with Crippen molar-refractivity contribution >= 4 is 21.1 Å². The Bertz CT molecular complexity index is 667. The number of benzene rings is 1. The lowest BCUT2D eigenvalue weighted by atomic mass is 9.86. The third kappa shape index (κ3) is 5.58. The van der Waals surface area contributed by atoms with Crippen LogP contribution in [-0.4, -0.2) is 47.0 Å². The summed E-state index contributed by atoms with van der Waals surface area (Å²) in [4.78, 5) is 22.8. The molecule has 0 aromatic heterocycles. The van der Waals surface area contributed by atoms with Gasteiger partial charge in [0, 0.05) is 18.4 Å². The molecule has 0 N–H and O–H groups in total. The van der Waals surface area contributed by atoms with E-state index in [1.165, 1.54) is 0 Å². The number of carbonyl (C=O) groups is 2. The molecule has 2 atom stereocenters. The second-order valence-corrected chi connectivity index (χ2v) is 13.3. The summed E-state index contributed by atoms with van der Waals surface area (Å²) in [5.74, 6) is 1.33. The minimum absolute atomic E-state index is 0.0828. The van der Waals surface area contributed by atoms with Gasteiger partial charge in [-0.25, -0.2) is 0 Å². The molecule has 0 bridgehead atoms. The summed E-state index contributed by atoms with van der Waals surface area (Å²) in [6.07, 6.45) is 0.632. The molecule has 7 heteroatoms. The predicted octanol–water partition coefficient (Wildman–Crippen LogP) is 4.16. The fourth-order valence-electron chi connectivity index (χ4n) is 2.89. The standard InChI is InChI=1S/C21H34O6Si/c1-16(26-15-23)21(11-12-22,27-28(7,8)20(2,3)4)14-17-13-18(24-5)9-10-19(17)25-6/h9-10,12-13,15-16H,11,14H2,1-8H3/t16-,21+/m0/s1. The Kier molecular flexibility index (Phi) is 8.25. The molecule has 6 nitrogen and oxygen atoms in total. The molecule has 1 aromatic rings. The summed E-state index contributed by atoms with van der Waals surface area (Å²) in [6, 6.07) is 5.49. The third-order valence-electron chi connectivity index (χ3n) is 5.67. The van der Waals surface area contributed by atoms with E-state index in [0.29, 0.717) is 24.4 Å². The zero-order chi connectivity index (χ0) is 21.6. The molecule has 0 unspecified atom stereocenters. The summed E-state index contributed by atoms with van der Waals surface area (Å²) in [5.41, 5.74) is -0.186. The van der Waals surface area contributed by atoms with Gasteiger partial charge in [-0.05, 0) is 43.3 Å². The quantitative estimate of drug-likeness (QED) is 0.403. The number of ether oxygens (including phenoxy) is 3. The predicted molar refractivity (Wildman–Crippen MR) is 112 cm³/mol. The molecule has 0 amide bonds. The summed E-state index contributed by atoms with van der Waals surface area (Å²) in [5, 5.41) is -0.0828. The molecule has 0 saturated carbocycles. The second kappa shape index (κ2) is 9.56. The van der Waals surface area contributed by atoms with Gasteiger partial charge in [-0.1, -0.05) is 20.8 Å². The maximum absolute atomic E-state index is 11.7. The number of aldehydes is 1. The van der Waals surface area contributed by atoms with Crippen molar-refractivity contribution in [3.63, 3.8) is 0 Å². The largest absolute Gasteiger partial charge is 0.497 e. The Morgan fingerprint density at radius 1 is 1.11 bits per heavy atom. The summed E-state index contributed by atoms with van der Waals surface area (Å²) >= 11 is 0. The molecule has 0 aliphatic heterocycles. The molecule has 0 aliphatic carbocycles. The highest BCUT2D eigenvalue weighted by Crippen LogP contribution is 2.43. The van der Waals surface area contributed by atoms with Crippen LogP contribution in [0.1, 0.15) is 39.7 Å². The van der Waals surface area contributed by atoms with Gasteiger partial charge in [-0.3, -0.25) is 4.79 Å². The van der Waals surface area contributed by atoms with Crippen molar-refractivity contribution in [2.24, 2.45) is 0 Å². The fraction of sp³-hybridized carbons (Fsp3) is 0.619. The Morgan fingerprint density at radius 3 is 2.21 bits per heavy atom. The lowest BCUT2D eigenvalue weighted by Crippen LogP contribution is -2.56. The molecule has 0 fully saturated rings. The molecule has 0 heterocycles. The van der Waals surface area contributed by atoms with E-state index in [4.69, 9.17) is 18.6 Å². The maximum Gasteiger partial charge on any atom is 0.293 e. The molecule has 158 valence electrons. The molecule has 0 aliphatic rings. The van der Waals surface area contributed by atoms with Crippen LogP contribution in [-0.2, 0) is 25.2 Å². The van der Waals surface area contributed by atoms with Crippen molar-refractivity contribution in [1.82, 2.24) is 0 Å². The van der Waals surface area contributed by atoms with E-state index in [0.717, 1.165) is 11.8 Å². The monoisotopic (exact) mass is 410 g/mol. The Labute approximate surface area is 169 Å². The molecule has 0 spiro atoms. The van der Waals surface area contributed by atoms with Crippen LogP contribution in [0.5, 0.6) is 11.5 Å². The molecule has 0 saturated heterocycles. The van der Waals surface area contributed by atoms with E-state index < -0.39 is 20.0 Å². The van der Waals surface area contributed by atoms with Crippen LogP contribution in [0.15, 0.2) is 18.2 Å². The summed E-state index contributed by atoms with van der Waals surface area (Å²) < 4.78 is 22.9. The first-order valence-electron chi connectivity index (χ1n) is 9.40. The number of carbonyl (C=O) groups excluding carboxylic acids is 2. The zero-order valence-electron chi connectivity index (χ0n) is 18.3. The van der Waals surface area contributed by atoms with Crippen molar-refractivity contribution in [1.29, 1.82) is 0 Å². The van der Waals surface area contributed by atoms with Gasteiger partial charge in [0.05, 0.1) is 14.2 Å². The van der Waals surface area contributed by atoms with E-state index >= 15 is 0 Å². The molecular weight excluding hydrogens is 376 g/mol. The highest BCUT2D eigenvalue weighted by atomic mass is 28.4. The average Bonchev–Trinajstić information content (AvgIpc) is 2.60. The van der Waals surface area contributed by atoms with Crippen molar-refractivity contribution in [2.45, 2.75) is 70.4 Å². The minimum Gasteiger partial charge on any atom is -0.497 e. The zero-order valence-corrected chi connectivity index (χ0v) is 19.3. The van der Waals surface area contributed by atoms with Crippen LogP contribution in [0.3, 0.4) is 0 Å². The SMILES string of the molecule is COc1ccc(OC)c(C[C@@](CC=O)(O[Si](C)(C)C(C)(C)C)[C@H](C)OC=O)c1. The van der Waals surface area contributed by atoms with Gasteiger partial charge in [0.1, 0.15) is 29.5 Å². The Hall–Kier alpha value is -1.86. The lowest BCUT2D eigenvalue weighted by molar-refractivity contribution is -0.148. The highest BCUT2D eigenvalue weighted by molar-refractivity contribution is 6.74.